The van der Waals surface area contributed by atoms with Crippen LogP contribution in [0.2, 0.25) is 20.1 Å². The highest BCUT2D eigenvalue weighted by Crippen LogP contribution is 2.49. The van der Waals surface area contributed by atoms with E-state index < -0.39 is 48.0 Å². The molecule has 0 unspecified atom stereocenters. The van der Waals surface area contributed by atoms with E-state index in [1.54, 1.807) is 36.4 Å². The lowest BCUT2D eigenvalue weighted by Crippen LogP contribution is -2.35. The summed E-state index contributed by atoms with van der Waals surface area (Å²) in [5.41, 5.74) is 4.12. The highest BCUT2D eigenvalue weighted by atomic mass is 35.5. The molecule has 4 aliphatic heterocycles. The minimum absolute atomic E-state index is 0.0589. The fourth-order valence-electron chi connectivity index (χ4n) is 10.5. The summed E-state index contributed by atoms with van der Waals surface area (Å²) in [7, 11) is 1.24. The van der Waals surface area contributed by atoms with Crippen molar-refractivity contribution in [2.75, 3.05) is 33.5 Å². The van der Waals surface area contributed by atoms with Gasteiger partial charge in [0.05, 0.1) is 87.4 Å². The predicted molar refractivity (Wildman–Crippen MR) is 290 cm³/mol. The normalized spacial score (nSPS) is 23.9. The first kappa shape index (κ1) is 54.6. The average molecular weight is 1230 g/mol. The smallest absolute Gasteiger partial charge is 0.338 e. The van der Waals surface area contributed by atoms with E-state index in [0.717, 1.165) is 83.1 Å². The zero-order valence-electron chi connectivity index (χ0n) is 42.2. The molecule has 0 radical (unpaired) electrons. The van der Waals surface area contributed by atoms with E-state index in [1.807, 2.05) is 0 Å². The number of carbonyl (C=O) groups excluding carboxylic acids is 1. The number of carboxylic acid groups (broad SMARTS) is 1. The number of ether oxygens (including phenoxy) is 9. The number of halogens is 6. The second kappa shape index (κ2) is 22.5. The minimum Gasteiger partial charge on any atom is -0.478 e. The van der Waals surface area contributed by atoms with Gasteiger partial charge in [-0.05, 0) is 74.2 Å². The van der Waals surface area contributed by atoms with Crippen LogP contribution in [0.1, 0.15) is 80.9 Å². The van der Waals surface area contributed by atoms with E-state index >= 15 is 0 Å². The summed E-state index contributed by atoms with van der Waals surface area (Å²) in [6.07, 6.45) is 0.832. The second-order valence-electron chi connectivity index (χ2n) is 20.1. The molecule has 8 atom stereocenters. The Morgan fingerprint density at radius 1 is 0.605 bits per heavy atom. The summed E-state index contributed by atoms with van der Waals surface area (Å²) in [6, 6.07) is 15.5. The van der Waals surface area contributed by atoms with Crippen LogP contribution in [-0.4, -0.2) is 120 Å². The third-order valence-electron chi connectivity index (χ3n) is 14.8. The van der Waals surface area contributed by atoms with Crippen LogP contribution in [0, 0.1) is 11.6 Å². The van der Waals surface area contributed by atoms with Crippen molar-refractivity contribution in [1.29, 1.82) is 0 Å². The summed E-state index contributed by atoms with van der Waals surface area (Å²) in [4.78, 5) is 31.6. The van der Waals surface area contributed by atoms with Gasteiger partial charge in [0.2, 0.25) is 0 Å². The number of carboxylic acids is 1. The predicted octanol–water partition coefficient (Wildman–Crippen LogP) is 12.3. The molecule has 81 heavy (non-hydrogen) atoms. The number of rotatable bonds is 16. The molecule has 18 nitrogen and oxygen atoms in total. The summed E-state index contributed by atoms with van der Waals surface area (Å²) >= 11 is 28.1. The fraction of sp³-hybridized carbons (Fsp3) is 0.382. The van der Waals surface area contributed by atoms with Gasteiger partial charge in [-0.15, -0.1) is 0 Å². The number of nitrogens with zero attached hydrogens (tertiary/aromatic N) is 4. The first-order valence-electron chi connectivity index (χ1n) is 25.7. The Hall–Kier alpha value is -5.60. The maximum absolute atomic E-state index is 14.6. The number of fused-ring (bicyclic) bond motifs is 4. The molecule has 4 aromatic heterocycles. The Balaban J connectivity index is 0.000000153. The van der Waals surface area contributed by atoms with Crippen LogP contribution in [0.3, 0.4) is 0 Å². The van der Waals surface area contributed by atoms with Crippen molar-refractivity contribution < 1.29 is 75.2 Å². The van der Waals surface area contributed by atoms with Crippen LogP contribution in [0.5, 0.6) is 10.4 Å². The molecule has 4 aromatic carbocycles. The molecule has 26 heteroatoms. The van der Waals surface area contributed by atoms with Crippen LogP contribution >= 0.6 is 69.1 Å². The van der Waals surface area contributed by atoms with Gasteiger partial charge in [-0.3, -0.25) is 0 Å². The van der Waals surface area contributed by atoms with Crippen molar-refractivity contribution in [3.63, 3.8) is 0 Å². The van der Waals surface area contributed by atoms with E-state index in [-0.39, 0.29) is 90.0 Å². The SMILES string of the molecule is COC(=O)c1cc(F)c2nc(O[C@@H]3CO[C@H]4[C@@H]3OC[C@H]4OCc3c(-c4c(Cl)cccc4Cl)noc3C3CC3)sc2c1.O=C(O)c1cc(F)c2nc(O[C@@H]3CO[C@H]4[C@@H]3OC[C@H]4OCc3c(-c4c(Cl)cccc4Cl)noc3C3CC3)sc2c1. The first-order valence-corrected chi connectivity index (χ1v) is 28.8. The van der Waals surface area contributed by atoms with E-state index in [9.17, 15) is 23.5 Å². The van der Waals surface area contributed by atoms with Crippen molar-refractivity contribution in [2.45, 2.75) is 99.6 Å². The maximum atomic E-state index is 14.6. The fourth-order valence-corrected chi connectivity index (χ4v) is 13.5. The van der Waals surface area contributed by atoms with E-state index in [1.165, 1.54) is 19.2 Å². The Bertz CT molecular complexity index is 3700. The van der Waals surface area contributed by atoms with Crippen LogP contribution in [0.25, 0.3) is 42.9 Å². The number of aromatic carboxylic acids is 1. The lowest BCUT2D eigenvalue weighted by Gasteiger charge is -2.17. The van der Waals surface area contributed by atoms with Gasteiger partial charge in [-0.2, -0.15) is 9.97 Å². The van der Waals surface area contributed by atoms with Gasteiger partial charge < -0.3 is 56.8 Å². The molecular formula is C55H44Cl4F2N4O14S2. The van der Waals surface area contributed by atoms with Gasteiger partial charge in [-0.25, -0.2) is 18.4 Å². The maximum Gasteiger partial charge on any atom is 0.338 e. The van der Waals surface area contributed by atoms with E-state index in [2.05, 4.69) is 20.3 Å². The number of hydrogen-bond acceptors (Lipinski definition) is 19. The molecule has 8 aromatic rings. The highest BCUT2D eigenvalue weighted by Gasteiger charge is 2.52. The molecule has 8 heterocycles. The van der Waals surface area contributed by atoms with Gasteiger partial charge in [-0.1, -0.05) is 91.5 Å². The van der Waals surface area contributed by atoms with Gasteiger partial charge in [0.25, 0.3) is 10.4 Å². The second-order valence-corrected chi connectivity index (χ2v) is 23.7. The zero-order valence-corrected chi connectivity index (χ0v) is 46.9. The molecule has 422 valence electrons. The van der Waals surface area contributed by atoms with Gasteiger partial charge in [0.1, 0.15) is 70.6 Å². The number of benzene rings is 4. The van der Waals surface area contributed by atoms with Gasteiger partial charge in [0.15, 0.2) is 23.8 Å². The summed E-state index contributed by atoms with van der Waals surface area (Å²) in [5.74, 6) is -1.03. The lowest BCUT2D eigenvalue weighted by molar-refractivity contribution is -0.0428. The van der Waals surface area contributed by atoms with Crippen LogP contribution in [-0.2, 0) is 46.4 Å². The van der Waals surface area contributed by atoms with E-state index in [4.69, 9.17) is 98.1 Å². The Kier molecular flexibility index (Phi) is 15.2. The van der Waals surface area contributed by atoms with Crippen molar-refractivity contribution in [2.24, 2.45) is 0 Å². The molecule has 6 aliphatic rings. The Labute approximate surface area is 486 Å². The first-order chi connectivity index (χ1) is 39.3. The van der Waals surface area contributed by atoms with Crippen LogP contribution in [0.15, 0.2) is 69.7 Å². The molecule has 6 fully saturated rings. The summed E-state index contributed by atoms with van der Waals surface area (Å²) in [6.45, 7) is 1.51. The number of carbonyl (C=O) groups is 2. The van der Waals surface area contributed by atoms with Crippen molar-refractivity contribution in [3.05, 3.63) is 126 Å². The largest absolute Gasteiger partial charge is 0.478 e. The average Bonchev–Trinajstić information content (AvgIpc) is 3.89. The lowest BCUT2D eigenvalue weighted by atomic mass is 10.0. The Morgan fingerprint density at radius 2 is 1.00 bits per heavy atom. The van der Waals surface area contributed by atoms with Gasteiger partial charge >= 0.3 is 11.9 Å². The number of thiazole rings is 2. The molecule has 0 bridgehead atoms. The van der Waals surface area contributed by atoms with Gasteiger partial charge in [0, 0.05) is 34.1 Å². The Morgan fingerprint density at radius 3 is 1.41 bits per heavy atom. The number of methoxy groups -OCH3 is 1. The van der Waals surface area contributed by atoms with Crippen molar-refractivity contribution in [1.82, 2.24) is 20.3 Å². The summed E-state index contributed by atoms with van der Waals surface area (Å²) < 4.78 is 94.8. The monoisotopic (exact) mass is 1230 g/mol. The third-order valence-corrected chi connectivity index (χ3v) is 17.8. The molecule has 2 aliphatic carbocycles. The number of esters is 1. The van der Waals surface area contributed by atoms with Crippen molar-refractivity contribution >= 4 is 101 Å². The minimum atomic E-state index is -1.22. The van der Waals surface area contributed by atoms with Crippen LogP contribution in [0.4, 0.5) is 8.78 Å². The highest BCUT2D eigenvalue weighted by molar-refractivity contribution is 7.20. The molecule has 0 amide bonds. The standard InChI is InChI=1S/C28H23Cl2FN2O7S.C27H21Cl2FN2O7S/c1-35-27(34)13-7-17(31)23-20(8-13)41-28(32-23)39-19-11-38-25-18(10-37-26(19)25)36-9-14-22(33-40-24(14)12-5-6-12)21-15(29)3-2-4-16(21)30;28-14-2-1-3-15(29)20(14)21-13(23(39-32-21)11-4-5-11)8-35-17-9-36-25-18(10-37-24(17)25)38-27-31-22-16(30)6-12(26(33)34)7-19(22)40-27/h2-4,7-8,12,18-19,25-26H,5-6,9-11H2,1H3;1-3,6-7,11,17-18,24-25H,4-5,8-10H2,(H,33,34)/t18-,19-,25-,26-;17-,18-,24-,25-/m11/s1. The molecular weight excluding hydrogens is 1180 g/mol. The zero-order chi connectivity index (χ0) is 55.8. The molecule has 14 rings (SSSR count). The topological polar surface area (TPSA) is 215 Å². The van der Waals surface area contributed by atoms with E-state index in [0.29, 0.717) is 70.4 Å². The summed E-state index contributed by atoms with van der Waals surface area (Å²) in [5, 5.41) is 20.2. The number of aromatic nitrogens is 4. The third kappa shape index (κ3) is 10.8. The van der Waals surface area contributed by atoms with Crippen molar-refractivity contribution in [3.8, 4) is 32.9 Å². The molecule has 2 saturated carbocycles. The quantitative estimate of drug-likeness (QED) is 0.0890. The molecule has 4 saturated heterocycles. The molecule has 1 N–H and O–H groups in total. The number of hydrogen-bond donors (Lipinski definition) is 1. The molecule has 0 spiro atoms. The van der Waals surface area contributed by atoms with Crippen LogP contribution < -0.4 is 9.47 Å².